The van der Waals surface area contributed by atoms with Gasteiger partial charge >= 0.3 is 0 Å². The fourth-order valence-corrected chi connectivity index (χ4v) is 1.81. The molecule has 16 heavy (non-hydrogen) atoms. The highest BCUT2D eigenvalue weighted by Gasteiger charge is 2.03. The maximum absolute atomic E-state index is 5.66. The van der Waals surface area contributed by atoms with E-state index in [4.69, 9.17) is 5.73 Å². The monoisotopic (exact) mass is 212 g/mol. The molecule has 1 heterocycles. The molecule has 0 saturated carbocycles. The molecule has 0 bridgehead atoms. The first-order chi connectivity index (χ1) is 7.70. The van der Waals surface area contributed by atoms with Gasteiger partial charge in [-0.3, -0.25) is 4.98 Å². The lowest BCUT2D eigenvalue weighted by atomic mass is 9.98. The quantitative estimate of drug-likeness (QED) is 0.831. The Morgan fingerprint density at radius 1 is 1.12 bits per heavy atom. The molecule has 1 aromatic carbocycles. The van der Waals surface area contributed by atoms with Gasteiger partial charge in [0.25, 0.3) is 0 Å². The van der Waals surface area contributed by atoms with Gasteiger partial charge in [-0.25, -0.2) is 0 Å². The molecule has 0 spiro atoms. The van der Waals surface area contributed by atoms with Crippen LogP contribution in [-0.4, -0.2) is 4.98 Å². The van der Waals surface area contributed by atoms with Crippen LogP contribution in [0, 0.1) is 13.8 Å². The molecule has 0 atom stereocenters. The third-order valence-electron chi connectivity index (χ3n) is 2.72. The van der Waals surface area contributed by atoms with Crippen molar-refractivity contribution in [2.75, 3.05) is 0 Å². The van der Waals surface area contributed by atoms with E-state index in [2.05, 4.69) is 43.1 Å². The van der Waals surface area contributed by atoms with Crippen LogP contribution in [0.25, 0.3) is 11.1 Å². The topological polar surface area (TPSA) is 38.9 Å². The second-order valence-corrected chi connectivity index (χ2v) is 4.10. The Balaban J connectivity index is 2.54. The highest BCUT2D eigenvalue weighted by molar-refractivity contribution is 5.67. The van der Waals surface area contributed by atoms with Crippen molar-refractivity contribution in [2.45, 2.75) is 20.4 Å². The zero-order valence-corrected chi connectivity index (χ0v) is 9.70. The number of aromatic nitrogens is 1. The molecule has 0 unspecified atom stereocenters. The fourth-order valence-electron chi connectivity index (χ4n) is 1.81. The summed E-state index contributed by atoms with van der Waals surface area (Å²) in [6, 6.07) is 8.48. The Hall–Kier alpha value is -1.67. The van der Waals surface area contributed by atoms with E-state index < -0.39 is 0 Å². The zero-order chi connectivity index (χ0) is 11.5. The van der Waals surface area contributed by atoms with E-state index in [-0.39, 0.29) is 0 Å². The third-order valence-corrected chi connectivity index (χ3v) is 2.72. The Kier molecular flexibility index (Phi) is 3.02. The van der Waals surface area contributed by atoms with Gasteiger partial charge in [0.1, 0.15) is 0 Å². The number of rotatable bonds is 2. The molecular formula is C14H16N2. The van der Waals surface area contributed by atoms with Crippen LogP contribution >= 0.6 is 0 Å². The Morgan fingerprint density at radius 2 is 1.94 bits per heavy atom. The number of aryl methyl sites for hydroxylation is 2. The van der Waals surface area contributed by atoms with Gasteiger partial charge in [-0.2, -0.15) is 0 Å². The maximum atomic E-state index is 5.66. The maximum Gasteiger partial charge on any atom is 0.0346 e. The van der Waals surface area contributed by atoms with Gasteiger partial charge in [0.15, 0.2) is 0 Å². The van der Waals surface area contributed by atoms with Crippen LogP contribution in [0.3, 0.4) is 0 Å². The smallest absolute Gasteiger partial charge is 0.0346 e. The molecule has 2 N–H and O–H groups in total. The first-order valence-electron chi connectivity index (χ1n) is 5.42. The van der Waals surface area contributed by atoms with Crippen LogP contribution in [0.1, 0.15) is 16.7 Å². The van der Waals surface area contributed by atoms with Crippen LogP contribution < -0.4 is 5.73 Å². The highest BCUT2D eigenvalue weighted by Crippen LogP contribution is 2.24. The summed E-state index contributed by atoms with van der Waals surface area (Å²) < 4.78 is 0. The van der Waals surface area contributed by atoms with E-state index in [1.165, 1.54) is 16.7 Å². The van der Waals surface area contributed by atoms with Crippen LogP contribution in [0.2, 0.25) is 0 Å². The third kappa shape index (κ3) is 2.12. The SMILES string of the molecule is Cc1cncc(-c2cc(CN)ccc2C)c1. The van der Waals surface area contributed by atoms with Gasteiger partial charge in [-0.15, -0.1) is 0 Å². The van der Waals surface area contributed by atoms with Crippen molar-refractivity contribution >= 4 is 0 Å². The van der Waals surface area contributed by atoms with Crippen LogP contribution in [-0.2, 0) is 6.54 Å². The summed E-state index contributed by atoms with van der Waals surface area (Å²) >= 11 is 0. The highest BCUT2D eigenvalue weighted by atomic mass is 14.6. The van der Waals surface area contributed by atoms with Gasteiger partial charge in [0.2, 0.25) is 0 Å². The number of nitrogens with zero attached hydrogens (tertiary/aromatic N) is 1. The minimum atomic E-state index is 0.576. The molecule has 2 heteroatoms. The molecule has 82 valence electrons. The Bertz CT molecular complexity index is 504. The summed E-state index contributed by atoms with van der Waals surface area (Å²) in [6.07, 6.45) is 3.77. The first-order valence-corrected chi connectivity index (χ1v) is 5.42. The van der Waals surface area contributed by atoms with Gasteiger partial charge < -0.3 is 5.73 Å². The Labute approximate surface area is 96.1 Å². The molecule has 2 aromatic rings. The minimum absolute atomic E-state index is 0.576. The normalized spacial score (nSPS) is 10.4. The second kappa shape index (κ2) is 4.45. The van der Waals surface area contributed by atoms with Gasteiger partial charge in [-0.05, 0) is 48.2 Å². The van der Waals surface area contributed by atoms with Gasteiger partial charge in [-0.1, -0.05) is 12.1 Å². The van der Waals surface area contributed by atoms with Gasteiger partial charge in [0.05, 0.1) is 0 Å². The summed E-state index contributed by atoms with van der Waals surface area (Å²) in [6.45, 7) is 4.74. The molecular weight excluding hydrogens is 196 g/mol. The molecule has 2 nitrogen and oxygen atoms in total. The standard InChI is InChI=1S/C14H16N2/c1-10-5-13(9-16-8-10)14-6-12(7-15)4-3-11(14)2/h3-6,8-9H,7,15H2,1-2H3. The average molecular weight is 212 g/mol. The molecule has 0 fully saturated rings. The lowest BCUT2D eigenvalue weighted by Gasteiger charge is -2.08. The molecule has 0 aliphatic carbocycles. The predicted octanol–water partition coefficient (Wildman–Crippen LogP) is 2.82. The van der Waals surface area contributed by atoms with Crippen LogP contribution in [0.15, 0.2) is 36.7 Å². The van der Waals surface area contributed by atoms with E-state index in [1.807, 2.05) is 12.4 Å². The Morgan fingerprint density at radius 3 is 2.62 bits per heavy atom. The minimum Gasteiger partial charge on any atom is -0.326 e. The van der Waals surface area contributed by atoms with Crippen molar-refractivity contribution in [1.82, 2.24) is 4.98 Å². The van der Waals surface area contributed by atoms with E-state index >= 15 is 0 Å². The second-order valence-electron chi connectivity index (χ2n) is 4.10. The van der Waals surface area contributed by atoms with Gasteiger partial charge in [0, 0.05) is 24.5 Å². The van der Waals surface area contributed by atoms with Crippen LogP contribution in [0.4, 0.5) is 0 Å². The number of benzene rings is 1. The summed E-state index contributed by atoms with van der Waals surface area (Å²) in [4.78, 5) is 4.23. The molecule has 0 aliphatic heterocycles. The fraction of sp³-hybridized carbons (Fsp3) is 0.214. The summed E-state index contributed by atoms with van der Waals surface area (Å²) in [7, 11) is 0. The average Bonchev–Trinajstić information content (AvgIpc) is 2.30. The predicted molar refractivity (Wildman–Crippen MR) is 67.0 cm³/mol. The molecule has 0 radical (unpaired) electrons. The summed E-state index contributed by atoms with van der Waals surface area (Å²) in [5, 5.41) is 0. The molecule has 1 aromatic heterocycles. The largest absolute Gasteiger partial charge is 0.326 e. The molecule has 0 amide bonds. The van der Waals surface area contributed by atoms with Crippen molar-refractivity contribution < 1.29 is 0 Å². The van der Waals surface area contributed by atoms with Crippen LogP contribution in [0.5, 0.6) is 0 Å². The van der Waals surface area contributed by atoms with Crippen molar-refractivity contribution in [3.05, 3.63) is 53.3 Å². The van der Waals surface area contributed by atoms with Crippen molar-refractivity contribution in [3.63, 3.8) is 0 Å². The van der Waals surface area contributed by atoms with Crippen molar-refractivity contribution in [3.8, 4) is 11.1 Å². The lowest BCUT2D eigenvalue weighted by Crippen LogP contribution is -1.97. The summed E-state index contributed by atoms with van der Waals surface area (Å²) in [5.74, 6) is 0. The number of pyridine rings is 1. The molecule has 0 aliphatic rings. The van der Waals surface area contributed by atoms with E-state index in [0.29, 0.717) is 6.54 Å². The first kappa shape index (κ1) is 10.8. The van der Waals surface area contributed by atoms with Crippen molar-refractivity contribution in [1.29, 1.82) is 0 Å². The van der Waals surface area contributed by atoms with E-state index in [1.54, 1.807) is 0 Å². The molecule has 2 rings (SSSR count). The lowest BCUT2D eigenvalue weighted by molar-refractivity contribution is 1.07. The van der Waals surface area contributed by atoms with E-state index in [0.717, 1.165) is 11.1 Å². The zero-order valence-electron chi connectivity index (χ0n) is 9.70. The number of nitrogens with two attached hydrogens (primary N) is 1. The number of hydrogen-bond donors (Lipinski definition) is 1. The molecule has 0 saturated heterocycles. The number of hydrogen-bond acceptors (Lipinski definition) is 2. The van der Waals surface area contributed by atoms with Crippen molar-refractivity contribution in [2.24, 2.45) is 5.73 Å². The van der Waals surface area contributed by atoms with E-state index in [9.17, 15) is 0 Å². The summed E-state index contributed by atoms with van der Waals surface area (Å²) in [5.41, 5.74) is 11.6.